The molecular weight excluding hydrogens is 425 g/mol. The number of carbonyl (C=O) groups excluding carboxylic acids is 1. The minimum Gasteiger partial charge on any atom is -1.00 e. The van der Waals surface area contributed by atoms with Crippen molar-refractivity contribution >= 4 is 5.97 Å². The topological polar surface area (TPSA) is 93.9 Å². The average molecular weight is 443 g/mol. The van der Waals surface area contributed by atoms with Crippen LogP contribution in [0, 0.1) is 0 Å². The Balaban J connectivity index is 0.00000320. The van der Waals surface area contributed by atoms with Crippen LogP contribution in [0.4, 0.5) is 13.2 Å². The molecule has 0 aliphatic carbocycles. The van der Waals surface area contributed by atoms with E-state index in [9.17, 15) is 18.0 Å². The SMILES string of the molecule is COC(=O)C([NH3+])Cc1ccc(-c2ncn(-c3ccc(OC(F)(F)F)cc3)n2)cc1.[Cl-]. The molecule has 0 aliphatic heterocycles. The highest BCUT2D eigenvalue weighted by molar-refractivity contribution is 5.74. The van der Waals surface area contributed by atoms with Gasteiger partial charge in [0.05, 0.1) is 12.8 Å². The van der Waals surface area contributed by atoms with E-state index in [1.165, 1.54) is 42.4 Å². The van der Waals surface area contributed by atoms with Crippen molar-refractivity contribution in [1.29, 1.82) is 0 Å². The van der Waals surface area contributed by atoms with E-state index < -0.39 is 12.4 Å². The molecule has 0 aliphatic rings. The smallest absolute Gasteiger partial charge is 0.573 e. The number of nitrogens with zero attached hydrogens (tertiary/aromatic N) is 3. The number of ether oxygens (including phenoxy) is 2. The molecule has 0 spiro atoms. The largest absolute Gasteiger partial charge is 1.00 e. The van der Waals surface area contributed by atoms with Gasteiger partial charge < -0.3 is 27.6 Å². The first-order valence-electron chi connectivity index (χ1n) is 8.53. The van der Waals surface area contributed by atoms with Crippen molar-refractivity contribution in [2.75, 3.05) is 7.11 Å². The zero-order valence-corrected chi connectivity index (χ0v) is 16.5. The Morgan fingerprint density at radius 2 is 1.77 bits per heavy atom. The van der Waals surface area contributed by atoms with Gasteiger partial charge in [-0.15, -0.1) is 18.3 Å². The van der Waals surface area contributed by atoms with Crippen LogP contribution in [0.2, 0.25) is 0 Å². The van der Waals surface area contributed by atoms with Gasteiger partial charge in [0.2, 0.25) is 0 Å². The molecule has 3 aromatic rings. The van der Waals surface area contributed by atoms with Crippen LogP contribution >= 0.6 is 0 Å². The lowest BCUT2D eigenvalue weighted by Crippen LogP contribution is -3.00. The summed E-state index contributed by atoms with van der Waals surface area (Å²) in [6.45, 7) is 0. The molecule has 30 heavy (non-hydrogen) atoms. The van der Waals surface area contributed by atoms with E-state index >= 15 is 0 Å². The Kier molecular flexibility index (Phi) is 7.41. The van der Waals surface area contributed by atoms with Crippen molar-refractivity contribution < 1.29 is 45.6 Å². The molecule has 160 valence electrons. The normalized spacial score (nSPS) is 12.0. The van der Waals surface area contributed by atoms with Crippen LogP contribution in [0.1, 0.15) is 5.56 Å². The summed E-state index contributed by atoms with van der Waals surface area (Å²) in [6.07, 6.45) is -2.83. The summed E-state index contributed by atoms with van der Waals surface area (Å²) < 4.78 is 46.7. The molecule has 0 bridgehead atoms. The molecule has 0 amide bonds. The molecule has 1 unspecified atom stereocenters. The first kappa shape index (κ1) is 23.2. The molecule has 0 saturated heterocycles. The van der Waals surface area contributed by atoms with Crippen LogP contribution in [0.25, 0.3) is 17.1 Å². The van der Waals surface area contributed by atoms with E-state index in [1.807, 2.05) is 24.3 Å². The Bertz CT molecular complexity index is 976. The number of quaternary nitrogens is 1. The third-order valence-corrected chi connectivity index (χ3v) is 4.06. The molecular formula is C19H18ClF3N4O3. The monoisotopic (exact) mass is 442 g/mol. The average Bonchev–Trinajstić information content (AvgIpc) is 3.17. The third kappa shape index (κ3) is 5.94. The van der Waals surface area contributed by atoms with E-state index in [0.29, 0.717) is 17.9 Å². The number of alkyl halides is 3. The fourth-order valence-corrected chi connectivity index (χ4v) is 2.64. The van der Waals surface area contributed by atoms with Gasteiger partial charge in [-0.05, 0) is 29.8 Å². The number of hydrogen-bond acceptors (Lipinski definition) is 5. The second-order valence-electron chi connectivity index (χ2n) is 6.18. The number of aromatic nitrogens is 3. The van der Waals surface area contributed by atoms with Crippen LogP contribution in [-0.2, 0) is 16.0 Å². The van der Waals surface area contributed by atoms with Gasteiger partial charge in [0.15, 0.2) is 11.9 Å². The van der Waals surface area contributed by atoms with Crippen LogP contribution in [-0.4, -0.2) is 40.2 Å². The highest BCUT2D eigenvalue weighted by Crippen LogP contribution is 2.24. The van der Waals surface area contributed by atoms with Gasteiger partial charge >= 0.3 is 12.3 Å². The molecule has 0 saturated carbocycles. The van der Waals surface area contributed by atoms with Gasteiger partial charge in [-0.25, -0.2) is 14.5 Å². The Hall–Kier alpha value is -3.11. The molecule has 7 nitrogen and oxygen atoms in total. The van der Waals surface area contributed by atoms with Gasteiger partial charge in [0, 0.05) is 12.0 Å². The molecule has 1 aromatic heterocycles. The van der Waals surface area contributed by atoms with Gasteiger partial charge in [0.1, 0.15) is 12.1 Å². The zero-order valence-electron chi connectivity index (χ0n) is 15.8. The highest BCUT2D eigenvalue weighted by atomic mass is 35.5. The fraction of sp³-hybridized carbons (Fsp3) is 0.211. The molecule has 2 aromatic carbocycles. The Labute approximate surface area is 176 Å². The number of methoxy groups -OCH3 is 1. The maximum atomic E-state index is 12.2. The van der Waals surface area contributed by atoms with E-state index in [2.05, 4.69) is 25.3 Å². The predicted molar refractivity (Wildman–Crippen MR) is 95.9 cm³/mol. The van der Waals surface area contributed by atoms with Gasteiger partial charge in [0.25, 0.3) is 0 Å². The quantitative estimate of drug-likeness (QED) is 0.503. The standard InChI is InChI=1S/C19H17F3N4O3.ClH/c1-28-18(27)16(23)10-12-2-4-13(5-3-12)17-24-11-26(25-17)14-6-8-15(9-7-14)29-19(20,21)22;/h2-9,11,16H,10,23H2,1H3;1H. The van der Waals surface area contributed by atoms with Crippen molar-refractivity contribution in [2.45, 2.75) is 18.8 Å². The minimum atomic E-state index is -4.74. The molecule has 3 N–H and O–H groups in total. The van der Waals surface area contributed by atoms with Crippen molar-refractivity contribution in [3.8, 4) is 22.8 Å². The van der Waals surface area contributed by atoms with Crippen LogP contribution in [0.15, 0.2) is 54.9 Å². The summed E-state index contributed by atoms with van der Waals surface area (Å²) >= 11 is 0. The summed E-state index contributed by atoms with van der Waals surface area (Å²) in [6, 6.07) is 12.1. The number of carbonyl (C=O) groups is 1. The van der Waals surface area contributed by atoms with E-state index in [1.54, 1.807) is 0 Å². The number of esters is 1. The lowest BCUT2D eigenvalue weighted by molar-refractivity contribution is -0.407. The molecule has 11 heteroatoms. The van der Waals surface area contributed by atoms with Gasteiger partial charge in [-0.1, -0.05) is 24.3 Å². The van der Waals surface area contributed by atoms with E-state index in [-0.39, 0.29) is 24.1 Å². The summed E-state index contributed by atoms with van der Waals surface area (Å²) in [7, 11) is 1.32. The van der Waals surface area contributed by atoms with Gasteiger partial charge in [-0.2, -0.15) is 0 Å². The first-order valence-corrected chi connectivity index (χ1v) is 8.53. The summed E-state index contributed by atoms with van der Waals surface area (Å²) in [5.41, 5.74) is 5.98. The molecule has 1 atom stereocenters. The summed E-state index contributed by atoms with van der Waals surface area (Å²) in [4.78, 5) is 15.7. The molecule has 0 fully saturated rings. The number of halogens is 4. The summed E-state index contributed by atoms with van der Waals surface area (Å²) in [5.74, 6) is -0.236. The van der Waals surface area contributed by atoms with Crippen LogP contribution in [0.3, 0.4) is 0 Å². The second kappa shape index (κ2) is 9.59. The number of rotatable bonds is 6. The predicted octanol–water partition coefficient (Wildman–Crippen LogP) is -0.837. The maximum Gasteiger partial charge on any atom is 0.573 e. The van der Waals surface area contributed by atoms with E-state index in [4.69, 9.17) is 0 Å². The van der Waals surface area contributed by atoms with Crippen LogP contribution < -0.4 is 22.9 Å². The highest BCUT2D eigenvalue weighted by Gasteiger charge is 2.31. The van der Waals surface area contributed by atoms with Crippen molar-refractivity contribution in [2.24, 2.45) is 0 Å². The first-order chi connectivity index (χ1) is 13.7. The lowest BCUT2D eigenvalue weighted by atomic mass is 10.0. The van der Waals surface area contributed by atoms with E-state index in [0.717, 1.165) is 11.1 Å². The third-order valence-electron chi connectivity index (χ3n) is 4.06. The summed E-state index contributed by atoms with van der Waals surface area (Å²) in [5, 5.41) is 4.34. The number of benzene rings is 2. The lowest BCUT2D eigenvalue weighted by Gasteiger charge is -2.09. The van der Waals surface area contributed by atoms with Crippen molar-refractivity contribution in [3.05, 3.63) is 60.4 Å². The molecule has 3 rings (SSSR count). The number of hydrogen-bond donors (Lipinski definition) is 1. The maximum absolute atomic E-state index is 12.2. The van der Waals surface area contributed by atoms with Gasteiger partial charge in [-0.3, -0.25) is 0 Å². The zero-order chi connectivity index (χ0) is 21.0. The van der Waals surface area contributed by atoms with Crippen molar-refractivity contribution in [1.82, 2.24) is 14.8 Å². The fourth-order valence-electron chi connectivity index (χ4n) is 2.64. The molecule has 0 radical (unpaired) electrons. The van der Waals surface area contributed by atoms with Crippen molar-refractivity contribution in [3.63, 3.8) is 0 Å². The Morgan fingerprint density at radius 1 is 1.13 bits per heavy atom. The Morgan fingerprint density at radius 3 is 2.33 bits per heavy atom. The molecule has 1 heterocycles. The second-order valence-corrected chi connectivity index (χ2v) is 6.18. The van der Waals surface area contributed by atoms with Crippen LogP contribution in [0.5, 0.6) is 5.75 Å². The minimum absolute atomic E-state index is 0.